The van der Waals surface area contributed by atoms with E-state index in [1.54, 1.807) is 0 Å². The summed E-state index contributed by atoms with van der Waals surface area (Å²) in [5.41, 5.74) is 5.75. The van der Waals surface area contributed by atoms with Crippen molar-refractivity contribution in [3.63, 3.8) is 0 Å². The van der Waals surface area contributed by atoms with Crippen LogP contribution in [0.25, 0.3) is 0 Å². The second-order valence-electron chi connectivity index (χ2n) is 6.65. The number of primary amides is 1. The molecule has 0 spiro atoms. The molecule has 1 aromatic carbocycles. The number of carbonyl (C=O) groups excluding carboxylic acids is 2. The summed E-state index contributed by atoms with van der Waals surface area (Å²) in [6.45, 7) is 0. The summed E-state index contributed by atoms with van der Waals surface area (Å²) in [5, 5.41) is 8.26. The van der Waals surface area contributed by atoms with Crippen LogP contribution in [0, 0.1) is 5.82 Å². The van der Waals surface area contributed by atoms with E-state index >= 15 is 0 Å². The zero-order valence-corrected chi connectivity index (χ0v) is 17.8. The van der Waals surface area contributed by atoms with Crippen molar-refractivity contribution >= 4 is 44.7 Å². The number of aromatic nitrogens is 2. The van der Waals surface area contributed by atoms with Gasteiger partial charge in [-0.3, -0.25) is 9.59 Å². The number of benzene rings is 1. The van der Waals surface area contributed by atoms with Crippen LogP contribution in [0.2, 0.25) is 0 Å². The molecule has 0 aliphatic rings. The molecular formula is C20H19FN6O4S. The van der Waals surface area contributed by atoms with Gasteiger partial charge in [-0.1, -0.05) is 0 Å². The van der Waals surface area contributed by atoms with Gasteiger partial charge in [-0.05, 0) is 30.3 Å². The van der Waals surface area contributed by atoms with Crippen molar-refractivity contribution in [3.8, 4) is 0 Å². The molecule has 12 heteroatoms. The predicted molar refractivity (Wildman–Crippen MR) is 116 cm³/mol. The number of sulfone groups is 1. The monoisotopic (exact) mass is 458 g/mol. The number of nitrogens with zero attached hydrogens (tertiary/aromatic N) is 2. The Labute approximate surface area is 183 Å². The number of amides is 2. The highest BCUT2D eigenvalue weighted by atomic mass is 32.2. The van der Waals surface area contributed by atoms with Crippen LogP contribution in [0.15, 0.2) is 53.7 Å². The van der Waals surface area contributed by atoms with Crippen LogP contribution in [0.4, 0.5) is 27.4 Å². The Bertz CT molecular complexity index is 1300. The number of anilines is 4. The molecule has 0 radical (unpaired) electrons. The molecule has 0 fully saturated rings. The van der Waals surface area contributed by atoms with Crippen LogP contribution in [-0.4, -0.2) is 43.5 Å². The average Bonchev–Trinajstić information content (AvgIpc) is 2.74. The maximum atomic E-state index is 13.1. The first kappa shape index (κ1) is 22.6. The smallest absolute Gasteiger partial charge is 0.254 e. The molecule has 5 N–H and O–H groups in total. The van der Waals surface area contributed by atoms with E-state index in [0.717, 1.165) is 18.5 Å². The highest BCUT2D eigenvalue weighted by Gasteiger charge is 2.19. The van der Waals surface area contributed by atoms with E-state index in [1.807, 2.05) is 0 Å². The Morgan fingerprint density at radius 2 is 1.69 bits per heavy atom. The molecule has 3 rings (SSSR count). The molecule has 2 aromatic heterocycles. The summed E-state index contributed by atoms with van der Waals surface area (Å²) >= 11 is 0. The van der Waals surface area contributed by atoms with E-state index in [9.17, 15) is 22.4 Å². The second-order valence-corrected chi connectivity index (χ2v) is 8.64. The zero-order chi connectivity index (χ0) is 23.5. The maximum absolute atomic E-state index is 13.1. The lowest BCUT2D eigenvalue weighted by Gasteiger charge is -2.16. The van der Waals surface area contributed by atoms with Crippen LogP contribution in [0.3, 0.4) is 0 Å². The van der Waals surface area contributed by atoms with Crippen molar-refractivity contribution in [2.75, 3.05) is 23.9 Å². The number of hydrogen-bond donors (Lipinski definition) is 4. The van der Waals surface area contributed by atoms with Gasteiger partial charge >= 0.3 is 0 Å². The van der Waals surface area contributed by atoms with E-state index in [2.05, 4.69) is 25.9 Å². The molecular weight excluding hydrogens is 439 g/mol. The third kappa shape index (κ3) is 5.16. The van der Waals surface area contributed by atoms with Gasteiger partial charge < -0.3 is 21.7 Å². The Balaban J connectivity index is 2.06. The van der Waals surface area contributed by atoms with Gasteiger partial charge in [-0.15, -0.1) is 0 Å². The lowest BCUT2D eigenvalue weighted by atomic mass is 10.1. The Kier molecular flexibility index (Phi) is 6.35. The van der Waals surface area contributed by atoms with E-state index in [4.69, 9.17) is 5.73 Å². The SMILES string of the molecule is CNC(=O)c1cnc(Nc2ccc(F)cn2)cc1Nc1ccc(C(N)=O)cc1S(C)(=O)=O. The molecule has 0 unspecified atom stereocenters. The Hall–Kier alpha value is -4.06. The summed E-state index contributed by atoms with van der Waals surface area (Å²) in [6, 6.07) is 7.97. The van der Waals surface area contributed by atoms with E-state index in [0.29, 0.717) is 5.82 Å². The Morgan fingerprint density at radius 3 is 2.28 bits per heavy atom. The zero-order valence-electron chi connectivity index (χ0n) is 17.0. The number of halogens is 1. The molecule has 0 aliphatic heterocycles. The first-order chi connectivity index (χ1) is 15.1. The van der Waals surface area contributed by atoms with Crippen molar-refractivity contribution in [1.82, 2.24) is 15.3 Å². The quantitative estimate of drug-likeness (QED) is 0.419. The highest BCUT2D eigenvalue weighted by molar-refractivity contribution is 7.90. The fourth-order valence-corrected chi connectivity index (χ4v) is 3.61. The average molecular weight is 458 g/mol. The fraction of sp³-hybridized carbons (Fsp3) is 0.100. The molecule has 0 bridgehead atoms. The number of carbonyl (C=O) groups is 2. The summed E-state index contributed by atoms with van der Waals surface area (Å²) < 4.78 is 37.7. The predicted octanol–water partition coefficient (Wildman–Crippen LogP) is 1.96. The third-order valence-corrected chi connectivity index (χ3v) is 5.43. The molecule has 2 amide bonds. The van der Waals surface area contributed by atoms with E-state index in [1.165, 1.54) is 43.6 Å². The van der Waals surface area contributed by atoms with Crippen LogP contribution in [0.1, 0.15) is 20.7 Å². The summed E-state index contributed by atoms with van der Waals surface area (Å²) in [5.74, 6) is -1.20. The standard InChI is InChI=1S/C20H19FN6O4S/c1-23-20(29)13-10-25-18(27-17-6-4-12(21)9-24-17)8-15(13)26-14-5-3-11(19(22)28)7-16(14)32(2,30)31/h3-10H,1-2H3,(H2,22,28)(H,23,29)(H2,24,25,26,27). The van der Waals surface area contributed by atoms with Gasteiger partial charge in [0.15, 0.2) is 9.84 Å². The van der Waals surface area contributed by atoms with Gasteiger partial charge in [0, 0.05) is 31.1 Å². The van der Waals surface area contributed by atoms with E-state index < -0.39 is 27.5 Å². The highest BCUT2D eigenvalue weighted by Crippen LogP contribution is 2.29. The van der Waals surface area contributed by atoms with Gasteiger partial charge in [0.2, 0.25) is 5.91 Å². The van der Waals surface area contributed by atoms with Crippen molar-refractivity contribution in [2.24, 2.45) is 5.73 Å². The number of pyridine rings is 2. The summed E-state index contributed by atoms with van der Waals surface area (Å²) in [4.78, 5) is 31.6. The summed E-state index contributed by atoms with van der Waals surface area (Å²) in [6.07, 6.45) is 3.29. The molecule has 0 saturated heterocycles. The number of hydrogen-bond acceptors (Lipinski definition) is 8. The molecule has 2 heterocycles. The molecule has 0 atom stereocenters. The number of rotatable bonds is 7. The van der Waals surface area contributed by atoms with Crippen molar-refractivity contribution in [1.29, 1.82) is 0 Å². The number of nitrogens with two attached hydrogens (primary N) is 1. The first-order valence-electron chi connectivity index (χ1n) is 9.10. The summed E-state index contributed by atoms with van der Waals surface area (Å²) in [7, 11) is -2.32. The van der Waals surface area contributed by atoms with Crippen molar-refractivity contribution < 1.29 is 22.4 Å². The molecule has 10 nitrogen and oxygen atoms in total. The van der Waals surface area contributed by atoms with Crippen molar-refractivity contribution in [3.05, 3.63) is 65.7 Å². The van der Waals surface area contributed by atoms with Crippen LogP contribution < -0.4 is 21.7 Å². The normalized spacial score (nSPS) is 11.0. The minimum absolute atomic E-state index is 0.0157. The topological polar surface area (TPSA) is 156 Å². The molecule has 32 heavy (non-hydrogen) atoms. The van der Waals surface area contributed by atoms with Crippen LogP contribution in [-0.2, 0) is 9.84 Å². The third-order valence-electron chi connectivity index (χ3n) is 4.29. The largest absolute Gasteiger partial charge is 0.366 e. The minimum Gasteiger partial charge on any atom is -0.366 e. The Morgan fingerprint density at radius 1 is 0.969 bits per heavy atom. The van der Waals surface area contributed by atoms with Crippen LogP contribution in [0.5, 0.6) is 0 Å². The van der Waals surface area contributed by atoms with Gasteiger partial charge in [0.25, 0.3) is 5.91 Å². The van der Waals surface area contributed by atoms with Crippen molar-refractivity contribution in [2.45, 2.75) is 4.90 Å². The fourth-order valence-electron chi connectivity index (χ4n) is 2.75. The van der Waals surface area contributed by atoms with Gasteiger partial charge in [0.05, 0.1) is 28.0 Å². The molecule has 0 aliphatic carbocycles. The lowest BCUT2D eigenvalue weighted by Crippen LogP contribution is -2.20. The van der Waals surface area contributed by atoms with Gasteiger partial charge in [-0.2, -0.15) is 0 Å². The molecule has 166 valence electrons. The molecule has 0 saturated carbocycles. The van der Waals surface area contributed by atoms with Crippen LogP contribution >= 0.6 is 0 Å². The first-order valence-corrected chi connectivity index (χ1v) is 11.0. The maximum Gasteiger partial charge on any atom is 0.254 e. The van der Waals surface area contributed by atoms with E-state index in [-0.39, 0.29) is 33.2 Å². The lowest BCUT2D eigenvalue weighted by molar-refractivity contribution is 0.0962. The molecule has 3 aromatic rings. The van der Waals surface area contributed by atoms with Gasteiger partial charge in [0.1, 0.15) is 17.5 Å². The second kappa shape index (κ2) is 8.98. The number of nitrogens with one attached hydrogen (secondary N) is 3. The minimum atomic E-state index is -3.76. The van der Waals surface area contributed by atoms with Gasteiger partial charge in [-0.25, -0.2) is 22.8 Å².